The Morgan fingerprint density at radius 3 is 2.03 bits per heavy atom. The molecule has 0 aliphatic heterocycles. The average Bonchev–Trinajstić information content (AvgIpc) is 2.61. The van der Waals surface area contributed by atoms with Crippen molar-refractivity contribution >= 4 is 30.0 Å². The van der Waals surface area contributed by atoms with Crippen LogP contribution in [0.4, 0.5) is 0 Å². The van der Waals surface area contributed by atoms with Gasteiger partial charge >= 0.3 is 10.3 Å². The molecule has 0 amide bonds. The first-order valence-corrected chi connectivity index (χ1v) is 11.5. The third kappa shape index (κ3) is 4.61. The molecule has 0 spiro atoms. The average molecular weight is 437 g/mol. The number of sulfone groups is 2. The minimum atomic E-state index is -4.67. The molecular weight excluding hydrogens is 416 g/mol. The van der Waals surface area contributed by atoms with E-state index in [0.717, 1.165) is 17.7 Å². The van der Waals surface area contributed by atoms with Gasteiger partial charge in [-0.2, -0.15) is 0 Å². The van der Waals surface area contributed by atoms with Crippen molar-refractivity contribution in [1.82, 2.24) is 0 Å². The van der Waals surface area contributed by atoms with Gasteiger partial charge in [-0.15, -0.1) is 4.79 Å². The van der Waals surface area contributed by atoms with Gasteiger partial charge in [-0.3, -0.25) is 4.79 Å². The lowest BCUT2D eigenvalue weighted by molar-refractivity contribution is -0.137. The Morgan fingerprint density at radius 1 is 0.966 bits per heavy atom. The molecule has 0 N–H and O–H groups in total. The summed E-state index contributed by atoms with van der Waals surface area (Å²) in [5, 5.41) is 0. The van der Waals surface area contributed by atoms with Crippen molar-refractivity contribution < 1.29 is 31.2 Å². The van der Waals surface area contributed by atoms with Crippen LogP contribution in [0.15, 0.2) is 52.3 Å². The smallest absolute Gasteiger partial charge is 0.426 e. The molecule has 0 saturated heterocycles. The predicted molar refractivity (Wildman–Crippen MR) is 106 cm³/mol. The van der Waals surface area contributed by atoms with Crippen LogP contribution >= 0.6 is 0 Å². The van der Waals surface area contributed by atoms with E-state index in [1.54, 1.807) is 26.8 Å². The number of rotatable bonds is 4. The number of carbonyl (C=O) groups is 1. The van der Waals surface area contributed by atoms with Crippen molar-refractivity contribution in [3.8, 4) is 5.75 Å². The van der Waals surface area contributed by atoms with Gasteiger partial charge in [-0.1, -0.05) is 31.5 Å². The van der Waals surface area contributed by atoms with E-state index in [2.05, 4.69) is 4.79 Å². The maximum atomic E-state index is 12.9. The number of hydrogen-bond donors (Lipinski definition) is 0. The third-order valence-electron chi connectivity index (χ3n) is 3.99. The fraction of sp³-hybridized carbons (Fsp3) is 0.263. The summed E-state index contributed by atoms with van der Waals surface area (Å²) in [7, 11) is -9.29. The molecule has 0 atom stereocenters. The molecule has 0 heterocycles. The fourth-order valence-corrected chi connectivity index (χ4v) is 6.01. The largest absolute Gasteiger partial charge is 0.504 e. The molecule has 8 nitrogen and oxygen atoms in total. The Morgan fingerprint density at radius 2 is 1.55 bits per heavy atom. The molecule has 29 heavy (non-hydrogen) atoms. The van der Waals surface area contributed by atoms with Crippen molar-refractivity contribution in [1.29, 1.82) is 0 Å². The minimum Gasteiger partial charge on any atom is -0.426 e. The quantitative estimate of drug-likeness (QED) is 0.181. The van der Waals surface area contributed by atoms with E-state index in [1.807, 2.05) is 0 Å². The normalized spacial score (nSPS) is 11.8. The van der Waals surface area contributed by atoms with Gasteiger partial charge in [0.05, 0.1) is 15.7 Å². The summed E-state index contributed by atoms with van der Waals surface area (Å²) in [5.41, 5.74) is 10.4. The summed E-state index contributed by atoms with van der Waals surface area (Å²) in [6.07, 6.45) is 0. The fourth-order valence-electron chi connectivity index (χ4n) is 2.47. The van der Waals surface area contributed by atoms with Gasteiger partial charge in [0.25, 0.3) is 19.7 Å². The van der Waals surface area contributed by atoms with E-state index < -0.39 is 34.9 Å². The highest BCUT2D eigenvalue weighted by Gasteiger charge is 2.44. The molecule has 2 aromatic carbocycles. The Bertz CT molecular complexity index is 1210. The Kier molecular flexibility index (Phi) is 6.42. The number of esters is 1. The van der Waals surface area contributed by atoms with Gasteiger partial charge in [0.15, 0.2) is 0 Å². The molecule has 0 unspecified atom stereocenters. The molecule has 0 aromatic heterocycles. The molecule has 2 rings (SSSR count). The molecule has 10 heteroatoms. The first kappa shape index (κ1) is 22.5. The molecule has 0 aliphatic carbocycles. The number of ether oxygens (including phenoxy) is 1. The molecule has 0 bridgehead atoms. The second-order valence-electron chi connectivity index (χ2n) is 6.69. The number of carbonyl (C=O) groups excluding carboxylic acids is 1. The summed E-state index contributed by atoms with van der Waals surface area (Å²) >= 11 is 0. The van der Waals surface area contributed by atoms with Crippen LogP contribution in [0, 0.1) is 19.8 Å². The lowest BCUT2D eigenvalue weighted by Crippen LogP contribution is -2.27. The first-order valence-electron chi connectivity index (χ1n) is 8.52. The van der Waals surface area contributed by atoms with E-state index in [9.17, 15) is 27.2 Å². The summed E-state index contributed by atoms with van der Waals surface area (Å²) < 4.78 is 55.1. The first-order chi connectivity index (χ1) is 13.4. The zero-order chi connectivity index (χ0) is 22.0. The van der Waals surface area contributed by atoms with E-state index in [-0.39, 0.29) is 16.6 Å². The van der Waals surface area contributed by atoms with Gasteiger partial charge in [-0.05, 0) is 49.7 Å². The van der Waals surface area contributed by atoms with Gasteiger partial charge in [0.1, 0.15) is 5.75 Å². The van der Waals surface area contributed by atoms with Crippen LogP contribution in [-0.4, -0.2) is 32.0 Å². The van der Waals surface area contributed by atoms with E-state index in [1.165, 1.54) is 31.2 Å². The maximum Gasteiger partial charge on any atom is 0.504 e. The second kappa shape index (κ2) is 8.28. The van der Waals surface area contributed by atoms with Crippen LogP contribution in [0.2, 0.25) is 0 Å². The number of benzene rings is 2. The predicted octanol–water partition coefficient (Wildman–Crippen LogP) is 2.70. The van der Waals surface area contributed by atoms with Gasteiger partial charge in [0, 0.05) is 0 Å². The molecular formula is C19H20N2O6S2. The topological polar surface area (TPSA) is 131 Å². The molecule has 154 valence electrons. The Hall–Kier alpha value is -2.81. The molecule has 0 saturated carbocycles. The highest BCUT2D eigenvalue weighted by molar-refractivity contribution is 8.31. The highest BCUT2D eigenvalue weighted by Crippen LogP contribution is 2.25. The number of aryl methyl sites for hydroxylation is 2. The van der Waals surface area contributed by atoms with Crippen molar-refractivity contribution in [2.75, 3.05) is 0 Å². The number of nitrogens with zero attached hydrogens (tertiary/aromatic N) is 2. The lowest BCUT2D eigenvalue weighted by Gasteiger charge is -2.08. The maximum absolute atomic E-state index is 12.9. The van der Waals surface area contributed by atoms with Crippen molar-refractivity contribution in [3.63, 3.8) is 0 Å². The van der Waals surface area contributed by atoms with E-state index in [4.69, 9.17) is 4.74 Å². The Balaban J connectivity index is 2.47. The highest BCUT2D eigenvalue weighted by atomic mass is 32.3. The molecule has 0 radical (unpaired) electrons. The van der Waals surface area contributed by atoms with Crippen LogP contribution in [0.3, 0.4) is 0 Å². The zero-order valence-corrected chi connectivity index (χ0v) is 17.9. The summed E-state index contributed by atoms with van der Waals surface area (Å²) in [5.74, 6) is -0.785. The van der Waals surface area contributed by atoms with Crippen LogP contribution in [0.25, 0.3) is 5.53 Å². The third-order valence-corrected chi connectivity index (χ3v) is 8.31. The van der Waals surface area contributed by atoms with Gasteiger partial charge in [0.2, 0.25) is 0 Å². The monoisotopic (exact) mass is 436 g/mol. The van der Waals surface area contributed by atoms with Crippen LogP contribution in [0.5, 0.6) is 5.75 Å². The van der Waals surface area contributed by atoms with Crippen molar-refractivity contribution in [3.05, 3.63) is 59.1 Å². The lowest BCUT2D eigenvalue weighted by atomic mass is 10.2. The summed E-state index contributed by atoms with van der Waals surface area (Å²) in [6, 6.07) is 8.92. The van der Waals surface area contributed by atoms with Gasteiger partial charge < -0.3 is 10.3 Å². The second-order valence-corrected chi connectivity index (χ2v) is 10.6. The van der Waals surface area contributed by atoms with Crippen molar-refractivity contribution in [2.45, 2.75) is 37.5 Å². The van der Waals surface area contributed by atoms with Crippen LogP contribution in [0.1, 0.15) is 25.0 Å². The van der Waals surface area contributed by atoms with E-state index in [0.29, 0.717) is 5.56 Å². The van der Waals surface area contributed by atoms with E-state index >= 15 is 0 Å². The van der Waals surface area contributed by atoms with Crippen molar-refractivity contribution in [2.24, 2.45) is 5.92 Å². The van der Waals surface area contributed by atoms with Crippen LogP contribution in [-0.2, 0) is 24.5 Å². The SMILES string of the molecule is Cc1ccc(S(=O)(=O)C(=[N+]=[N-])S(=O)(=O)c2ccc(OC(=O)C(C)C)cc2)c(C)c1. The number of hydrogen-bond acceptors (Lipinski definition) is 6. The van der Waals surface area contributed by atoms with Gasteiger partial charge in [-0.25, -0.2) is 16.8 Å². The summed E-state index contributed by atoms with van der Waals surface area (Å²) in [4.78, 5) is 13.5. The molecule has 2 aromatic rings. The zero-order valence-electron chi connectivity index (χ0n) is 16.3. The molecule has 0 aliphatic rings. The standard InChI is InChI=1S/C19H20N2O6S2/c1-12(2)18(22)27-15-6-8-16(9-7-15)28(23,24)19(21-20)29(25,26)17-10-5-13(3)11-14(17)4/h5-12H,1-4H3. The molecule has 0 fully saturated rings. The van der Waals surface area contributed by atoms with Crippen LogP contribution < -0.4 is 4.74 Å². The Labute approximate surface area is 169 Å². The minimum absolute atomic E-state index is 0.0994. The summed E-state index contributed by atoms with van der Waals surface area (Å²) in [6.45, 7) is 6.56.